The molecule has 2 N–H and O–H groups in total. The molecule has 1 aromatic carbocycles. The third kappa shape index (κ3) is 4.88. The van der Waals surface area contributed by atoms with Crippen LogP contribution in [-0.4, -0.2) is 23.5 Å². The van der Waals surface area contributed by atoms with Crippen molar-refractivity contribution in [3.8, 4) is 0 Å². The van der Waals surface area contributed by atoms with Crippen molar-refractivity contribution < 1.29 is 14.7 Å². The molecule has 0 atom stereocenters. The van der Waals surface area contributed by atoms with Gasteiger partial charge >= 0.3 is 5.97 Å². The van der Waals surface area contributed by atoms with Gasteiger partial charge < -0.3 is 10.4 Å². The van der Waals surface area contributed by atoms with E-state index >= 15 is 0 Å². The zero-order chi connectivity index (χ0) is 16.3. The normalized spacial score (nSPS) is 12.0. The van der Waals surface area contributed by atoms with Crippen molar-refractivity contribution in [1.29, 1.82) is 0 Å². The number of amides is 1. The molecule has 0 saturated carbocycles. The summed E-state index contributed by atoms with van der Waals surface area (Å²) in [6.45, 7) is 10.0. The number of hydrogen-bond acceptors (Lipinski definition) is 2. The molecule has 0 aliphatic rings. The average Bonchev–Trinajstić information content (AvgIpc) is 2.37. The van der Waals surface area contributed by atoms with E-state index in [0.29, 0.717) is 18.5 Å². The molecule has 0 fully saturated rings. The van der Waals surface area contributed by atoms with E-state index in [-0.39, 0.29) is 11.3 Å². The smallest absolute Gasteiger partial charge is 0.309 e. The quantitative estimate of drug-likeness (QED) is 0.875. The van der Waals surface area contributed by atoms with Crippen molar-refractivity contribution in [2.75, 3.05) is 6.54 Å². The van der Waals surface area contributed by atoms with Crippen LogP contribution in [0.5, 0.6) is 0 Å². The summed E-state index contributed by atoms with van der Waals surface area (Å²) in [5, 5.41) is 11.8. The molecular formula is C17H25NO3. The topological polar surface area (TPSA) is 66.4 Å². The number of carboxylic acid groups (broad SMARTS) is 1. The predicted octanol–water partition coefficient (Wildman–Crippen LogP) is 3.21. The van der Waals surface area contributed by atoms with Crippen LogP contribution in [0.4, 0.5) is 0 Å². The Labute approximate surface area is 126 Å². The van der Waals surface area contributed by atoms with Gasteiger partial charge in [0.25, 0.3) is 5.91 Å². The molecule has 0 unspecified atom stereocenters. The van der Waals surface area contributed by atoms with Gasteiger partial charge in [0.2, 0.25) is 0 Å². The highest BCUT2D eigenvalue weighted by Crippen LogP contribution is 2.22. The van der Waals surface area contributed by atoms with Crippen molar-refractivity contribution in [1.82, 2.24) is 5.32 Å². The van der Waals surface area contributed by atoms with E-state index in [4.69, 9.17) is 5.11 Å². The van der Waals surface area contributed by atoms with Gasteiger partial charge in [0.05, 0.1) is 5.41 Å². The molecule has 0 radical (unpaired) electrons. The number of hydrogen-bond donors (Lipinski definition) is 2. The zero-order valence-electron chi connectivity index (χ0n) is 13.5. The number of carbonyl (C=O) groups excluding carboxylic acids is 1. The molecule has 0 spiro atoms. The summed E-state index contributed by atoms with van der Waals surface area (Å²) < 4.78 is 0. The van der Waals surface area contributed by atoms with Crippen LogP contribution in [0.25, 0.3) is 0 Å². The van der Waals surface area contributed by atoms with Gasteiger partial charge in [0.1, 0.15) is 0 Å². The Morgan fingerprint density at radius 1 is 1.05 bits per heavy atom. The number of carbonyl (C=O) groups is 2. The second-order valence-electron chi connectivity index (χ2n) is 7.02. The van der Waals surface area contributed by atoms with Gasteiger partial charge in [-0.25, -0.2) is 0 Å². The van der Waals surface area contributed by atoms with Gasteiger partial charge in [0.15, 0.2) is 0 Å². The van der Waals surface area contributed by atoms with E-state index in [1.54, 1.807) is 26.0 Å². The second kappa shape index (κ2) is 6.29. The van der Waals surface area contributed by atoms with E-state index in [9.17, 15) is 9.59 Å². The molecule has 21 heavy (non-hydrogen) atoms. The van der Waals surface area contributed by atoms with Gasteiger partial charge in [0, 0.05) is 12.1 Å². The Morgan fingerprint density at radius 3 is 2.00 bits per heavy atom. The lowest BCUT2D eigenvalue weighted by atomic mass is 9.86. The number of benzene rings is 1. The third-order valence-corrected chi connectivity index (χ3v) is 3.63. The van der Waals surface area contributed by atoms with E-state index < -0.39 is 11.4 Å². The zero-order valence-corrected chi connectivity index (χ0v) is 13.5. The number of nitrogens with one attached hydrogen (secondary N) is 1. The largest absolute Gasteiger partial charge is 0.481 e. The highest BCUT2D eigenvalue weighted by molar-refractivity contribution is 5.94. The van der Waals surface area contributed by atoms with E-state index in [1.165, 1.54) is 5.56 Å². The Morgan fingerprint density at radius 2 is 1.57 bits per heavy atom. The first-order chi connectivity index (χ1) is 9.54. The minimum atomic E-state index is -0.855. The Balaban J connectivity index is 2.59. The van der Waals surface area contributed by atoms with Crippen molar-refractivity contribution in [3.05, 3.63) is 35.4 Å². The standard InChI is InChI=1S/C17H25NO3/c1-16(2,3)13-8-6-12(7-9-13)14(19)18-11-10-17(4,5)15(20)21/h6-9H,10-11H2,1-5H3,(H,18,19)(H,20,21). The molecule has 0 heterocycles. The van der Waals surface area contributed by atoms with Crippen LogP contribution in [-0.2, 0) is 10.2 Å². The molecule has 0 saturated heterocycles. The first-order valence-corrected chi connectivity index (χ1v) is 7.16. The van der Waals surface area contributed by atoms with Crippen molar-refractivity contribution in [3.63, 3.8) is 0 Å². The average molecular weight is 291 g/mol. The molecular weight excluding hydrogens is 266 g/mol. The lowest BCUT2D eigenvalue weighted by Crippen LogP contribution is -2.32. The minimum Gasteiger partial charge on any atom is -0.481 e. The van der Waals surface area contributed by atoms with Crippen LogP contribution in [0, 0.1) is 5.41 Å². The summed E-state index contributed by atoms with van der Waals surface area (Å²) in [7, 11) is 0. The van der Waals surface area contributed by atoms with Crippen molar-refractivity contribution in [2.45, 2.75) is 46.5 Å². The van der Waals surface area contributed by atoms with Crippen LogP contribution in [0.2, 0.25) is 0 Å². The van der Waals surface area contributed by atoms with Gasteiger partial charge in [-0.3, -0.25) is 9.59 Å². The fourth-order valence-electron chi connectivity index (χ4n) is 1.82. The highest BCUT2D eigenvalue weighted by Gasteiger charge is 2.26. The maximum atomic E-state index is 12.0. The Kier molecular flexibility index (Phi) is 5.15. The summed E-state index contributed by atoms with van der Waals surface area (Å²) in [4.78, 5) is 23.0. The van der Waals surface area contributed by atoms with Crippen LogP contribution < -0.4 is 5.32 Å². The van der Waals surface area contributed by atoms with Crippen LogP contribution in [0.1, 0.15) is 57.0 Å². The monoisotopic (exact) mass is 291 g/mol. The Hall–Kier alpha value is -1.84. The number of rotatable bonds is 5. The van der Waals surface area contributed by atoms with E-state index in [0.717, 1.165) is 0 Å². The Bertz CT molecular complexity index is 510. The molecule has 1 rings (SSSR count). The lowest BCUT2D eigenvalue weighted by molar-refractivity contribution is -0.147. The summed E-state index contributed by atoms with van der Waals surface area (Å²) in [5.41, 5.74) is 0.992. The first kappa shape index (κ1) is 17.2. The van der Waals surface area contributed by atoms with Crippen LogP contribution in [0.3, 0.4) is 0 Å². The summed E-state index contributed by atoms with van der Waals surface area (Å²) >= 11 is 0. The number of carboxylic acids is 1. The van der Waals surface area contributed by atoms with Crippen LogP contribution in [0.15, 0.2) is 24.3 Å². The SMILES string of the molecule is CC(C)(CCNC(=O)c1ccc(C(C)(C)C)cc1)C(=O)O. The molecule has 116 valence electrons. The summed E-state index contributed by atoms with van der Waals surface area (Å²) in [6.07, 6.45) is 0.397. The number of aliphatic carboxylic acids is 1. The van der Waals surface area contributed by atoms with Gasteiger partial charge in [-0.1, -0.05) is 32.9 Å². The van der Waals surface area contributed by atoms with Gasteiger partial charge in [-0.05, 0) is 43.4 Å². The predicted molar refractivity (Wildman–Crippen MR) is 83.5 cm³/mol. The fraction of sp³-hybridized carbons (Fsp3) is 0.529. The van der Waals surface area contributed by atoms with Crippen LogP contribution >= 0.6 is 0 Å². The van der Waals surface area contributed by atoms with Gasteiger partial charge in [-0.15, -0.1) is 0 Å². The fourth-order valence-corrected chi connectivity index (χ4v) is 1.82. The molecule has 4 heteroatoms. The molecule has 1 amide bonds. The molecule has 0 aromatic heterocycles. The summed E-state index contributed by atoms with van der Waals surface area (Å²) in [5.74, 6) is -1.03. The highest BCUT2D eigenvalue weighted by atomic mass is 16.4. The van der Waals surface area contributed by atoms with E-state index in [2.05, 4.69) is 26.1 Å². The molecule has 4 nitrogen and oxygen atoms in total. The summed E-state index contributed by atoms with van der Waals surface area (Å²) in [6, 6.07) is 7.52. The minimum absolute atomic E-state index is 0.0561. The molecule has 0 aliphatic heterocycles. The first-order valence-electron chi connectivity index (χ1n) is 7.16. The van der Waals surface area contributed by atoms with Crippen molar-refractivity contribution in [2.24, 2.45) is 5.41 Å². The van der Waals surface area contributed by atoms with Crippen molar-refractivity contribution >= 4 is 11.9 Å². The third-order valence-electron chi connectivity index (χ3n) is 3.63. The maximum absolute atomic E-state index is 12.0. The van der Waals surface area contributed by atoms with E-state index in [1.807, 2.05) is 12.1 Å². The maximum Gasteiger partial charge on any atom is 0.309 e. The molecule has 0 bridgehead atoms. The molecule has 1 aromatic rings. The van der Waals surface area contributed by atoms with Gasteiger partial charge in [-0.2, -0.15) is 0 Å². The lowest BCUT2D eigenvalue weighted by Gasteiger charge is -2.20. The molecule has 0 aliphatic carbocycles. The second-order valence-corrected chi connectivity index (χ2v) is 7.02.